The Labute approximate surface area is 106 Å². The molecule has 0 radical (unpaired) electrons. The van der Waals surface area contributed by atoms with Crippen LogP contribution < -0.4 is 5.32 Å². The van der Waals surface area contributed by atoms with Gasteiger partial charge >= 0.3 is 0 Å². The number of benzene rings is 1. The van der Waals surface area contributed by atoms with Gasteiger partial charge in [0.1, 0.15) is 5.82 Å². The number of hydrogen-bond acceptors (Lipinski definition) is 3. The van der Waals surface area contributed by atoms with E-state index < -0.39 is 0 Å². The van der Waals surface area contributed by atoms with Gasteiger partial charge in [0.05, 0.1) is 0 Å². The molecule has 0 fully saturated rings. The molecule has 0 bridgehead atoms. The summed E-state index contributed by atoms with van der Waals surface area (Å²) < 4.78 is 2.28. The van der Waals surface area contributed by atoms with Crippen LogP contribution in [-0.4, -0.2) is 21.3 Å². The van der Waals surface area contributed by atoms with Gasteiger partial charge in [-0.15, -0.1) is 10.2 Å². The SMILES string of the molecule is c1cc2c(c(-c3nnc4n3CCC4)c1)CCCN2. The first-order valence-corrected chi connectivity index (χ1v) is 6.72. The highest BCUT2D eigenvalue weighted by molar-refractivity contribution is 5.71. The van der Waals surface area contributed by atoms with Crippen LogP contribution in [0.15, 0.2) is 18.2 Å². The van der Waals surface area contributed by atoms with Crippen LogP contribution in [0.3, 0.4) is 0 Å². The molecule has 0 amide bonds. The van der Waals surface area contributed by atoms with Crippen molar-refractivity contribution >= 4 is 5.69 Å². The lowest BCUT2D eigenvalue weighted by Crippen LogP contribution is -2.13. The fourth-order valence-corrected chi connectivity index (χ4v) is 3.07. The van der Waals surface area contributed by atoms with Crippen LogP contribution in [-0.2, 0) is 19.4 Å². The topological polar surface area (TPSA) is 42.7 Å². The molecule has 0 spiro atoms. The first kappa shape index (κ1) is 10.1. The van der Waals surface area contributed by atoms with Crippen LogP contribution in [0, 0.1) is 0 Å². The summed E-state index contributed by atoms with van der Waals surface area (Å²) in [6.45, 7) is 2.14. The van der Waals surface area contributed by atoms with E-state index in [4.69, 9.17) is 0 Å². The van der Waals surface area contributed by atoms with Gasteiger partial charge in [-0.05, 0) is 30.9 Å². The lowest BCUT2D eigenvalue weighted by molar-refractivity contribution is 0.746. The summed E-state index contributed by atoms with van der Waals surface area (Å²) in [6.07, 6.45) is 4.61. The Bertz CT molecular complexity index is 600. The smallest absolute Gasteiger partial charge is 0.164 e. The lowest BCUT2D eigenvalue weighted by Gasteiger charge is -2.20. The molecule has 0 unspecified atom stereocenters. The molecule has 92 valence electrons. The average Bonchev–Trinajstić information content (AvgIpc) is 3.01. The minimum Gasteiger partial charge on any atom is -0.385 e. The van der Waals surface area contributed by atoms with Gasteiger partial charge in [-0.1, -0.05) is 12.1 Å². The third-order valence-corrected chi connectivity index (χ3v) is 3.95. The molecule has 2 aliphatic heterocycles. The molecular weight excluding hydrogens is 224 g/mol. The number of hydrogen-bond donors (Lipinski definition) is 1. The zero-order valence-electron chi connectivity index (χ0n) is 10.3. The van der Waals surface area contributed by atoms with Crippen molar-refractivity contribution in [3.8, 4) is 11.4 Å². The summed E-state index contributed by atoms with van der Waals surface area (Å²) in [4.78, 5) is 0. The number of aromatic nitrogens is 3. The van der Waals surface area contributed by atoms with Gasteiger partial charge in [-0.3, -0.25) is 0 Å². The third-order valence-electron chi connectivity index (χ3n) is 3.95. The summed E-state index contributed by atoms with van der Waals surface area (Å²) in [5, 5.41) is 12.2. The predicted molar refractivity (Wildman–Crippen MR) is 70.6 cm³/mol. The van der Waals surface area contributed by atoms with E-state index in [1.807, 2.05) is 0 Å². The maximum Gasteiger partial charge on any atom is 0.164 e. The highest BCUT2D eigenvalue weighted by atomic mass is 15.3. The standard InChI is InChI=1S/C14H16N4/c1-4-11(10-5-2-8-15-12(10)6-1)14-17-16-13-7-3-9-18(13)14/h1,4,6,15H,2-3,5,7-9H2. The largest absolute Gasteiger partial charge is 0.385 e. The Morgan fingerprint density at radius 2 is 2.11 bits per heavy atom. The molecule has 4 nitrogen and oxygen atoms in total. The van der Waals surface area contributed by atoms with Crippen molar-refractivity contribution in [3.05, 3.63) is 29.6 Å². The Hall–Kier alpha value is -1.84. The van der Waals surface area contributed by atoms with Crippen molar-refractivity contribution in [3.63, 3.8) is 0 Å². The van der Waals surface area contributed by atoms with Gasteiger partial charge in [0.2, 0.25) is 0 Å². The summed E-state index contributed by atoms with van der Waals surface area (Å²) in [6, 6.07) is 6.46. The van der Waals surface area contributed by atoms with Crippen molar-refractivity contribution in [1.82, 2.24) is 14.8 Å². The molecule has 1 aromatic heterocycles. The van der Waals surface area contributed by atoms with E-state index in [9.17, 15) is 0 Å². The molecule has 2 aliphatic rings. The van der Waals surface area contributed by atoms with E-state index in [1.54, 1.807) is 0 Å². The van der Waals surface area contributed by atoms with Gasteiger partial charge in [-0.2, -0.15) is 0 Å². The zero-order valence-corrected chi connectivity index (χ0v) is 10.3. The van der Waals surface area contributed by atoms with Gasteiger partial charge < -0.3 is 9.88 Å². The maximum absolute atomic E-state index is 4.40. The van der Waals surface area contributed by atoms with Gasteiger partial charge in [0.15, 0.2) is 5.82 Å². The highest BCUT2D eigenvalue weighted by Crippen LogP contribution is 2.33. The molecule has 2 aromatic rings. The number of anilines is 1. The number of nitrogens with zero attached hydrogens (tertiary/aromatic N) is 3. The highest BCUT2D eigenvalue weighted by Gasteiger charge is 2.22. The van der Waals surface area contributed by atoms with Crippen molar-refractivity contribution < 1.29 is 0 Å². The van der Waals surface area contributed by atoms with E-state index in [0.717, 1.165) is 37.6 Å². The number of aryl methyl sites for hydroxylation is 1. The normalized spacial score (nSPS) is 17.1. The van der Waals surface area contributed by atoms with Crippen molar-refractivity contribution in [2.45, 2.75) is 32.2 Å². The third kappa shape index (κ3) is 1.38. The molecule has 4 rings (SSSR count). The lowest BCUT2D eigenvalue weighted by atomic mass is 9.97. The Morgan fingerprint density at radius 3 is 3.11 bits per heavy atom. The second-order valence-electron chi connectivity index (χ2n) is 5.06. The minimum absolute atomic E-state index is 1.06. The van der Waals surface area contributed by atoms with Crippen molar-refractivity contribution in [1.29, 1.82) is 0 Å². The Morgan fingerprint density at radius 1 is 1.11 bits per heavy atom. The second kappa shape index (κ2) is 3.83. The fraction of sp³-hybridized carbons (Fsp3) is 0.429. The summed E-state index contributed by atoms with van der Waals surface area (Å²) in [7, 11) is 0. The molecule has 0 saturated heterocycles. The predicted octanol–water partition coefficient (Wildman–Crippen LogP) is 2.25. The Balaban J connectivity index is 1.89. The van der Waals surface area contributed by atoms with E-state index in [-0.39, 0.29) is 0 Å². The maximum atomic E-state index is 4.40. The van der Waals surface area contributed by atoms with Crippen LogP contribution in [0.4, 0.5) is 5.69 Å². The Kier molecular flexibility index (Phi) is 2.15. The van der Waals surface area contributed by atoms with Crippen LogP contribution >= 0.6 is 0 Å². The molecule has 1 aromatic carbocycles. The first-order valence-electron chi connectivity index (χ1n) is 6.72. The summed E-state index contributed by atoms with van der Waals surface area (Å²) >= 11 is 0. The average molecular weight is 240 g/mol. The number of rotatable bonds is 1. The van der Waals surface area contributed by atoms with Crippen LogP contribution in [0.1, 0.15) is 24.2 Å². The van der Waals surface area contributed by atoms with Crippen LogP contribution in [0.25, 0.3) is 11.4 Å². The first-order chi connectivity index (χ1) is 8.93. The molecule has 0 aliphatic carbocycles. The zero-order chi connectivity index (χ0) is 11.9. The number of fused-ring (bicyclic) bond motifs is 2. The van der Waals surface area contributed by atoms with E-state index >= 15 is 0 Å². The molecule has 4 heteroatoms. The van der Waals surface area contributed by atoms with Crippen LogP contribution in [0.5, 0.6) is 0 Å². The summed E-state index contributed by atoms with van der Waals surface area (Å²) in [5.74, 6) is 2.20. The second-order valence-corrected chi connectivity index (χ2v) is 5.06. The minimum atomic E-state index is 1.06. The van der Waals surface area contributed by atoms with Crippen molar-refractivity contribution in [2.24, 2.45) is 0 Å². The quantitative estimate of drug-likeness (QED) is 0.831. The molecule has 18 heavy (non-hydrogen) atoms. The van der Waals surface area contributed by atoms with E-state index in [1.165, 1.54) is 29.7 Å². The van der Waals surface area contributed by atoms with Crippen LogP contribution in [0.2, 0.25) is 0 Å². The monoisotopic (exact) mass is 240 g/mol. The van der Waals surface area contributed by atoms with Crippen molar-refractivity contribution in [2.75, 3.05) is 11.9 Å². The molecule has 0 saturated carbocycles. The van der Waals surface area contributed by atoms with Gasteiger partial charge in [0, 0.05) is 30.8 Å². The van der Waals surface area contributed by atoms with Gasteiger partial charge in [-0.25, -0.2) is 0 Å². The molecule has 3 heterocycles. The van der Waals surface area contributed by atoms with Gasteiger partial charge in [0.25, 0.3) is 0 Å². The fourth-order valence-electron chi connectivity index (χ4n) is 3.07. The number of nitrogens with one attached hydrogen (secondary N) is 1. The van der Waals surface area contributed by atoms with E-state index in [0.29, 0.717) is 0 Å². The van der Waals surface area contributed by atoms with E-state index in [2.05, 4.69) is 38.3 Å². The summed E-state index contributed by atoms with van der Waals surface area (Å²) in [5.41, 5.74) is 3.94. The molecular formula is C14H16N4. The molecule has 1 N–H and O–H groups in total. The molecule has 0 atom stereocenters.